The third-order valence-electron chi connectivity index (χ3n) is 2.53. The quantitative estimate of drug-likeness (QED) is 0.742. The smallest absolute Gasteiger partial charge is 0.252 e. The van der Waals surface area contributed by atoms with Gasteiger partial charge in [0.15, 0.2) is 5.16 Å². The lowest BCUT2D eigenvalue weighted by Gasteiger charge is -2.00. The van der Waals surface area contributed by atoms with Gasteiger partial charge in [-0.2, -0.15) is 0 Å². The number of benzene rings is 1. The molecule has 0 atom stereocenters. The minimum absolute atomic E-state index is 0.221. The molecule has 1 aromatic carbocycles. The summed E-state index contributed by atoms with van der Waals surface area (Å²) in [4.78, 5) is 13.7. The summed E-state index contributed by atoms with van der Waals surface area (Å²) in [5.74, 6) is 0.722. The van der Waals surface area contributed by atoms with Crippen LogP contribution >= 0.6 is 11.8 Å². The number of aromatic nitrogens is 4. The van der Waals surface area contributed by atoms with Crippen molar-refractivity contribution in [2.75, 3.05) is 0 Å². The Labute approximate surface area is 111 Å². The van der Waals surface area contributed by atoms with E-state index in [0.717, 1.165) is 5.56 Å². The fraction of sp³-hybridized carbons (Fsp3) is 0.0833. The van der Waals surface area contributed by atoms with Gasteiger partial charge in [-0.25, -0.2) is 4.39 Å². The zero-order chi connectivity index (χ0) is 13.2. The van der Waals surface area contributed by atoms with Crippen molar-refractivity contribution in [2.24, 2.45) is 0 Å². The third kappa shape index (κ3) is 2.50. The zero-order valence-corrected chi connectivity index (χ0v) is 10.5. The molecule has 1 N–H and O–H groups in total. The lowest BCUT2D eigenvalue weighted by molar-refractivity contribution is 0.626. The third-order valence-corrected chi connectivity index (χ3v) is 3.55. The molecule has 7 heteroatoms. The Kier molecular flexibility index (Phi) is 3.04. The van der Waals surface area contributed by atoms with E-state index < -0.39 is 0 Å². The Hall–Kier alpha value is -2.15. The van der Waals surface area contributed by atoms with E-state index in [-0.39, 0.29) is 11.4 Å². The van der Waals surface area contributed by atoms with Crippen molar-refractivity contribution in [1.29, 1.82) is 0 Å². The van der Waals surface area contributed by atoms with Gasteiger partial charge < -0.3 is 0 Å². The minimum Gasteiger partial charge on any atom is -0.291 e. The summed E-state index contributed by atoms with van der Waals surface area (Å²) in [6.07, 6.45) is 1.61. The van der Waals surface area contributed by atoms with E-state index in [1.807, 2.05) is 6.07 Å². The Morgan fingerprint density at radius 1 is 1.32 bits per heavy atom. The van der Waals surface area contributed by atoms with Crippen molar-refractivity contribution in [3.05, 3.63) is 58.3 Å². The van der Waals surface area contributed by atoms with Crippen molar-refractivity contribution in [1.82, 2.24) is 19.6 Å². The van der Waals surface area contributed by atoms with E-state index in [1.165, 1.54) is 30.0 Å². The number of fused-ring (bicyclic) bond motifs is 1. The lowest BCUT2D eigenvalue weighted by atomic mass is 10.2. The van der Waals surface area contributed by atoms with E-state index in [1.54, 1.807) is 16.7 Å². The Balaban J connectivity index is 1.84. The fourth-order valence-corrected chi connectivity index (χ4v) is 2.52. The number of rotatable bonds is 3. The zero-order valence-electron chi connectivity index (χ0n) is 9.71. The van der Waals surface area contributed by atoms with Gasteiger partial charge in [0.25, 0.3) is 5.56 Å². The van der Waals surface area contributed by atoms with Gasteiger partial charge in [0, 0.05) is 18.0 Å². The molecule has 19 heavy (non-hydrogen) atoms. The Bertz CT molecular complexity index is 782. The van der Waals surface area contributed by atoms with E-state index in [4.69, 9.17) is 0 Å². The maximum Gasteiger partial charge on any atom is 0.252 e. The molecule has 0 aliphatic heterocycles. The average Bonchev–Trinajstić information content (AvgIpc) is 2.78. The van der Waals surface area contributed by atoms with E-state index in [0.29, 0.717) is 16.7 Å². The second-order valence-electron chi connectivity index (χ2n) is 3.90. The van der Waals surface area contributed by atoms with Gasteiger partial charge in [-0.15, -0.1) is 10.2 Å². The first-order valence-corrected chi connectivity index (χ1v) is 6.52. The van der Waals surface area contributed by atoms with E-state index in [2.05, 4.69) is 15.2 Å². The largest absolute Gasteiger partial charge is 0.291 e. The number of hydrogen-bond acceptors (Lipinski definition) is 4. The van der Waals surface area contributed by atoms with Gasteiger partial charge >= 0.3 is 0 Å². The van der Waals surface area contributed by atoms with Crippen LogP contribution in [0.25, 0.3) is 5.78 Å². The minimum atomic E-state index is -0.256. The number of halogens is 1. The maximum absolute atomic E-state index is 13.0. The van der Waals surface area contributed by atoms with Crippen LogP contribution in [0.3, 0.4) is 0 Å². The standard InChI is InChI=1S/C12H9FN4OS/c13-9-3-1-2-8(6-9)7-19-12-16-15-11-14-10(18)4-5-17(11)12/h1-6H,7H2,(H,14,15,18). The van der Waals surface area contributed by atoms with Crippen LogP contribution < -0.4 is 5.56 Å². The first-order valence-electron chi connectivity index (χ1n) is 5.54. The molecule has 0 saturated heterocycles. The Morgan fingerprint density at radius 2 is 2.21 bits per heavy atom. The molecule has 0 saturated carbocycles. The van der Waals surface area contributed by atoms with Gasteiger partial charge in [-0.1, -0.05) is 23.9 Å². The molecule has 0 unspecified atom stereocenters. The molecule has 0 spiro atoms. The summed E-state index contributed by atoms with van der Waals surface area (Å²) in [7, 11) is 0. The molecule has 2 heterocycles. The van der Waals surface area contributed by atoms with Crippen LogP contribution in [0, 0.1) is 5.82 Å². The molecule has 0 aliphatic rings. The topological polar surface area (TPSA) is 63.1 Å². The number of nitrogens with zero attached hydrogens (tertiary/aromatic N) is 3. The number of hydrogen-bond donors (Lipinski definition) is 1. The van der Waals surface area contributed by atoms with Crippen LogP contribution in [-0.2, 0) is 5.75 Å². The van der Waals surface area contributed by atoms with Crippen LogP contribution in [0.15, 0.2) is 46.5 Å². The molecular formula is C12H9FN4OS. The molecule has 5 nitrogen and oxygen atoms in total. The van der Waals surface area contributed by atoms with Gasteiger partial charge in [0.2, 0.25) is 5.78 Å². The Morgan fingerprint density at radius 3 is 3.05 bits per heavy atom. The van der Waals surface area contributed by atoms with Gasteiger partial charge in [-0.3, -0.25) is 14.2 Å². The fourth-order valence-electron chi connectivity index (χ4n) is 1.66. The first kappa shape index (κ1) is 11.9. The molecule has 3 aromatic rings. The van der Waals surface area contributed by atoms with Gasteiger partial charge in [0.1, 0.15) is 5.82 Å². The summed E-state index contributed by atoms with van der Waals surface area (Å²) in [6, 6.07) is 7.82. The number of aromatic amines is 1. The van der Waals surface area contributed by atoms with Crippen molar-refractivity contribution in [2.45, 2.75) is 10.9 Å². The molecule has 0 amide bonds. The first-order chi connectivity index (χ1) is 9.22. The van der Waals surface area contributed by atoms with Crippen LogP contribution in [0.1, 0.15) is 5.56 Å². The summed E-state index contributed by atoms with van der Waals surface area (Å²) in [6.45, 7) is 0. The average molecular weight is 276 g/mol. The monoisotopic (exact) mass is 276 g/mol. The molecule has 0 aliphatic carbocycles. The second-order valence-corrected chi connectivity index (χ2v) is 4.84. The highest BCUT2D eigenvalue weighted by atomic mass is 32.2. The molecule has 0 fully saturated rings. The highest BCUT2D eigenvalue weighted by Crippen LogP contribution is 2.21. The summed E-state index contributed by atoms with van der Waals surface area (Å²) in [5, 5.41) is 8.51. The molecular weight excluding hydrogens is 267 g/mol. The van der Waals surface area contributed by atoms with Crippen molar-refractivity contribution in [3.63, 3.8) is 0 Å². The number of H-pyrrole nitrogens is 1. The predicted molar refractivity (Wildman–Crippen MR) is 69.6 cm³/mol. The van der Waals surface area contributed by atoms with Gasteiger partial charge in [-0.05, 0) is 17.7 Å². The number of nitrogens with one attached hydrogen (secondary N) is 1. The van der Waals surface area contributed by atoms with Crippen molar-refractivity contribution < 1.29 is 4.39 Å². The van der Waals surface area contributed by atoms with E-state index in [9.17, 15) is 9.18 Å². The number of thioether (sulfide) groups is 1. The van der Waals surface area contributed by atoms with Crippen LogP contribution in [-0.4, -0.2) is 19.6 Å². The molecule has 0 bridgehead atoms. The van der Waals surface area contributed by atoms with Crippen LogP contribution in [0.2, 0.25) is 0 Å². The maximum atomic E-state index is 13.0. The predicted octanol–water partition coefficient (Wildman–Crippen LogP) is 1.85. The molecule has 2 aromatic heterocycles. The van der Waals surface area contributed by atoms with Crippen molar-refractivity contribution in [3.8, 4) is 0 Å². The van der Waals surface area contributed by atoms with Gasteiger partial charge in [0.05, 0.1) is 0 Å². The lowest BCUT2D eigenvalue weighted by Crippen LogP contribution is -2.05. The highest BCUT2D eigenvalue weighted by Gasteiger charge is 2.06. The SMILES string of the molecule is O=c1ccn2c(SCc3cccc(F)c3)nnc2[nH]1. The second kappa shape index (κ2) is 4.85. The molecule has 3 rings (SSSR count). The van der Waals surface area contributed by atoms with Crippen molar-refractivity contribution >= 4 is 17.5 Å². The van der Waals surface area contributed by atoms with Crippen LogP contribution in [0.5, 0.6) is 0 Å². The summed E-state index contributed by atoms with van der Waals surface area (Å²) in [5.41, 5.74) is 0.646. The summed E-state index contributed by atoms with van der Waals surface area (Å²) < 4.78 is 14.7. The highest BCUT2D eigenvalue weighted by molar-refractivity contribution is 7.98. The van der Waals surface area contributed by atoms with E-state index >= 15 is 0 Å². The summed E-state index contributed by atoms with van der Waals surface area (Å²) >= 11 is 1.42. The van der Waals surface area contributed by atoms with Crippen LogP contribution in [0.4, 0.5) is 4.39 Å². The molecule has 0 radical (unpaired) electrons. The normalized spacial score (nSPS) is 11.0. The molecule has 96 valence electrons.